The van der Waals surface area contributed by atoms with E-state index in [4.69, 9.17) is 14.2 Å². The van der Waals surface area contributed by atoms with E-state index in [-0.39, 0.29) is 25.6 Å². The second-order valence-electron chi connectivity index (χ2n) is 5.01. The largest absolute Gasteiger partial charge is 0.428 e. The summed E-state index contributed by atoms with van der Waals surface area (Å²) in [7, 11) is 0. The van der Waals surface area contributed by atoms with Crippen molar-refractivity contribution >= 4 is 5.97 Å². The van der Waals surface area contributed by atoms with Crippen LogP contribution in [0.15, 0.2) is 0 Å². The fourth-order valence-electron chi connectivity index (χ4n) is 2.14. The molecule has 0 saturated carbocycles. The zero-order valence-corrected chi connectivity index (χ0v) is 9.96. The van der Waals surface area contributed by atoms with Crippen molar-refractivity contribution in [1.82, 2.24) is 0 Å². The van der Waals surface area contributed by atoms with Gasteiger partial charge in [-0.2, -0.15) is 0 Å². The highest BCUT2D eigenvalue weighted by Crippen LogP contribution is 2.35. The van der Waals surface area contributed by atoms with Crippen molar-refractivity contribution in [2.75, 3.05) is 13.2 Å². The zero-order valence-electron chi connectivity index (χ0n) is 9.96. The van der Waals surface area contributed by atoms with Gasteiger partial charge in [0.25, 0.3) is 5.79 Å². The molecule has 0 bridgehead atoms. The molecule has 98 valence electrons. The molecule has 2 saturated heterocycles. The lowest BCUT2D eigenvalue weighted by atomic mass is 10.1. The van der Waals surface area contributed by atoms with Gasteiger partial charge in [0.1, 0.15) is 18.8 Å². The molecule has 6 nitrogen and oxygen atoms in total. The minimum absolute atomic E-state index is 0.0827. The van der Waals surface area contributed by atoms with E-state index < -0.39 is 30.1 Å². The number of carbonyl (C=O) groups is 1. The van der Waals surface area contributed by atoms with Gasteiger partial charge in [0.15, 0.2) is 6.10 Å². The second-order valence-corrected chi connectivity index (χ2v) is 5.01. The van der Waals surface area contributed by atoms with Crippen molar-refractivity contribution in [2.24, 2.45) is 5.92 Å². The van der Waals surface area contributed by atoms with Crippen LogP contribution in [0.4, 0.5) is 0 Å². The molecule has 2 aliphatic heterocycles. The van der Waals surface area contributed by atoms with E-state index in [1.165, 1.54) is 0 Å². The Bertz CT molecular complexity index is 304. The average molecular weight is 246 g/mol. The Labute approximate surface area is 99.5 Å². The van der Waals surface area contributed by atoms with Crippen LogP contribution in [0.2, 0.25) is 0 Å². The number of rotatable bonds is 3. The zero-order chi connectivity index (χ0) is 12.6. The van der Waals surface area contributed by atoms with Gasteiger partial charge in [0.2, 0.25) is 0 Å². The number of fused-ring (bicyclic) bond motifs is 1. The van der Waals surface area contributed by atoms with Crippen molar-refractivity contribution in [3.8, 4) is 0 Å². The molecular formula is C11H18O6. The van der Waals surface area contributed by atoms with Crippen LogP contribution in [-0.4, -0.2) is 53.5 Å². The Morgan fingerprint density at radius 2 is 2.24 bits per heavy atom. The number of hydrogen-bond acceptors (Lipinski definition) is 6. The second kappa shape index (κ2) is 4.53. The molecule has 2 aliphatic rings. The molecule has 0 aromatic heterocycles. The molecule has 0 unspecified atom stereocenters. The topological polar surface area (TPSA) is 85.2 Å². The Morgan fingerprint density at radius 1 is 1.53 bits per heavy atom. The average Bonchev–Trinajstić information content (AvgIpc) is 2.69. The molecule has 6 heteroatoms. The van der Waals surface area contributed by atoms with Gasteiger partial charge in [-0.25, -0.2) is 0 Å². The van der Waals surface area contributed by atoms with Crippen molar-refractivity contribution in [3.05, 3.63) is 0 Å². The summed E-state index contributed by atoms with van der Waals surface area (Å²) in [6.45, 7) is 3.69. The summed E-state index contributed by atoms with van der Waals surface area (Å²) in [6, 6.07) is 0. The van der Waals surface area contributed by atoms with E-state index >= 15 is 0 Å². The molecule has 2 rings (SSSR count). The van der Waals surface area contributed by atoms with Crippen LogP contribution < -0.4 is 0 Å². The van der Waals surface area contributed by atoms with Crippen LogP contribution >= 0.6 is 0 Å². The number of esters is 1. The van der Waals surface area contributed by atoms with Crippen LogP contribution in [0.3, 0.4) is 0 Å². The van der Waals surface area contributed by atoms with Crippen LogP contribution in [0.1, 0.15) is 20.3 Å². The van der Waals surface area contributed by atoms with Crippen LogP contribution in [0.5, 0.6) is 0 Å². The summed E-state index contributed by atoms with van der Waals surface area (Å²) >= 11 is 0. The predicted octanol–water partition coefficient (Wildman–Crippen LogP) is -0.577. The fraction of sp³-hybridized carbons (Fsp3) is 0.909. The Hall–Kier alpha value is -0.690. The first-order valence-corrected chi connectivity index (χ1v) is 5.78. The molecule has 17 heavy (non-hydrogen) atoms. The van der Waals surface area contributed by atoms with Crippen LogP contribution in [0.25, 0.3) is 0 Å². The summed E-state index contributed by atoms with van der Waals surface area (Å²) in [5.74, 6) is -2.11. The highest BCUT2D eigenvalue weighted by Gasteiger charge is 2.58. The molecule has 0 spiro atoms. The van der Waals surface area contributed by atoms with E-state index in [0.717, 1.165) is 0 Å². The molecule has 0 radical (unpaired) electrons. The SMILES string of the molecule is CC(C)CC(=O)O[C@@]1(O)CO[C@@H]2[C@H](O)CO[C@@H]21. The normalized spacial score (nSPS) is 40.6. The maximum atomic E-state index is 11.5. The maximum Gasteiger partial charge on any atom is 0.308 e. The summed E-state index contributed by atoms with van der Waals surface area (Å²) in [5.41, 5.74) is 0. The van der Waals surface area contributed by atoms with Gasteiger partial charge in [-0.05, 0) is 5.92 Å². The first-order valence-electron chi connectivity index (χ1n) is 5.78. The molecule has 2 heterocycles. The molecule has 4 atom stereocenters. The Kier molecular flexibility index (Phi) is 3.40. The van der Waals surface area contributed by atoms with Crippen LogP contribution in [0, 0.1) is 5.92 Å². The number of carbonyl (C=O) groups excluding carboxylic acids is 1. The lowest BCUT2D eigenvalue weighted by Crippen LogP contribution is -2.47. The van der Waals surface area contributed by atoms with Gasteiger partial charge < -0.3 is 24.4 Å². The van der Waals surface area contributed by atoms with Gasteiger partial charge >= 0.3 is 5.97 Å². The van der Waals surface area contributed by atoms with E-state index in [1.807, 2.05) is 13.8 Å². The number of aliphatic hydroxyl groups is 2. The molecule has 0 aromatic rings. The summed E-state index contributed by atoms with van der Waals surface area (Å²) in [5, 5.41) is 19.7. The lowest BCUT2D eigenvalue weighted by molar-refractivity contribution is -0.238. The fourth-order valence-corrected chi connectivity index (χ4v) is 2.14. The maximum absolute atomic E-state index is 11.5. The van der Waals surface area contributed by atoms with E-state index in [0.29, 0.717) is 0 Å². The van der Waals surface area contributed by atoms with Crippen LogP contribution in [-0.2, 0) is 19.0 Å². The van der Waals surface area contributed by atoms with Gasteiger partial charge in [-0.3, -0.25) is 4.79 Å². The third-order valence-electron chi connectivity index (χ3n) is 2.92. The standard InChI is InChI=1S/C11H18O6/c1-6(2)3-8(13)17-11(14)5-16-9-7(12)4-15-10(9)11/h6-7,9-10,12,14H,3-5H2,1-2H3/t7-,9-,10+,11+/m1/s1. The third-order valence-corrected chi connectivity index (χ3v) is 2.92. The monoisotopic (exact) mass is 246 g/mol. The highest BCUT2D eigenvalue weighted by molar-refractivity contribution is 5.70. The van der Waals surface area contributed by atoms with E-state index in [1.54, 1.807) is 0 Å². The summed E-state index contributed by atoms with van der Waals surface area (Å²) in [4.78, 5) is 11.5. The molecule has 2 fully saturated rings. The first kappa shape index (κ1) is 12.8. The third kappa shape index (κ3) is 2.44. The summed E-state index contributed by atoms with van der Waals surface area (Å²) < 4.78 is 15.4. The molecule has 0 aromatic carbocycles. The molecule has 0 aliphatic carbocycles. The van der Waals surface area contributed by atoms with Gasteiger partial charge in [-0.15, -0.1) is 0 Å². The summed E-state index contributed by atoms with van der Waals surface area (Å²) in [6.07, 6.45) is -1.97. The van der Waals surface area contributed by atoms with Gasteiger partial charge in [0, 0.05) is 6.42 Å². The number of ether oxygens (including phenoxy) is 3. The molecular weight excluding hydrogens is 228 g/mol. The number of hydrogen-bond donors (Lipinski definition) is 2. The van der Waals surface area contributed by atoms with Crippen molar-refractivity contribution in [3.63, 3.8) is 0 Å². The smallest absolute Gasteiger partial charge is 0.308 e. The Morgan fingerprint density at radius 3 is 2.88 bits per heavy atom. The van der Waals surface area contributed by atoms with Gasteiger partial charge in [0.05, 0.1) is 6.61 Å². The van der Waals surface area contributed by atoms with Crippen molar-refractivity contribution in [1.29, 1.82) is 0 Å². The Balaban J connectivity index is 1.98. The van der Waals surface area contributed by atoms with E-state index in [2.05, 4.69) is 0 Å². The van der Waals surface area contributed by atoms with Crippen molar-refractivity contribution < 1.29 is 29.2 Å². The van der Waals surface area contributed by atoms with Crippen molar-refractivity contribution in [2.45, 2.75) is 44.4 Å². The number of aliphatic hydroxyl groups excluding tert-OH is 1. The quantitative estimate of drug-likeness (QED) is 0.512. The van der Waals surface area contributed by atoms with E-state index in [9.17, 15) is 15.0 Å². The molecule has 2 N–H and O–H groups in total. The van der Waals surface area contributed by atoms with Gasteiger partial charge in [-0.1, -0.05) is 13.8 Å². The molecule has 0 amide bonds. The lowest BCUT2D eigenvalue weighted by Gasteiger charge is -2.26. The highest BCUT2D eigenvalue weighted by atomic mass is 16.7. The minimum atomic E-state index is -1.77. The predicted molar refractivity (Wildman–Crippen MR) is 56.0 cm³/mol. The first-order chi connectivity index (χ1) is 7.92. The minimum Gasteiger partial charge on any atom is -0.428 e.